The van der Waals surface area contributed by atoms with E-state index in [4.69, 9.17) is 5.11 Å². The van der Waals surface area contributed by atoms with Crippen LogP contribution >= 0.6 is 11.3 Å². The number of carbonyl (C=O) groups is 1. The molecule has 9 heteroatoms. The summed E-state index contributed by atoms with van der Waals surface area (Å²) in [6.07, 6.45) is 1.91. The molecule has 4 aromatic rings. The first-order valence-corrected chi connectivity index (χ1v) is 12.1. The third kappa shape index (κ3) is 4.23. The lowest BCUT2D eigenvalue weighted by atomic mass is 9.87. The van der Waals surface area contributed by atoms with Crippen molar-refractivity contribution >= 4 is 28.2 Å². The van der Waals surface area contributed by atoms with Crippen molar-refractivity contribution in [2.24, 2.45) is 0 Å². The van der Waals surface area contributed by atoms with Crippen LogP contribution in [0.25, 0.3) is 21.3 Å². The zero-order valence-corrected chi connectivity index (χ0v) is 20.2. The molecule has 0 spiro atoms. The van der Waals surface area contributed by atoms with Gasteiger partial charge in [-0.3, -0.25) is 4.90 Å². The molecule has 0 aliphatic carbocycles. The zero-order chi connectivity index (χ0) is 25.1. The number of benzene rings is 2. The quantitative estimate of drug-likeness (QED) is 0.336. The van der Waals surface area contributed by atoms with Gasteiger partial charge in [0.1, 0.15) is 17.3 Å². The Kier molecular flexibility index (Phi) is 5.72. The lowest BCUT2D eigenvalue weighted by molar-refractivity contribution is 0.0643. The highest BCUT2D eigenvalue weighted by molar-refractivity contribution is 7.16. The van der Waals surface area contributed by atoms with E-state index in [0.717, 1.165) is 27.8 Å². The third-order valence-electron chi connectivity index (χ3n) is 6.40. The highest BCUT2D eigenvalue weighted by atomic mass is 32.1. The summed E-state index contributed by atoms with van der Waals surface area (Å²) in [7, 11) is 0. The van der Waals surface area contributed by atoms with E-state index in [0.29, 0.717) is 17.0 Å². The Morgan fingerprint density at radius 3 is 2.57 bits per heavy atom. The number of H-pyrrole nitrogens is 1. The number of nitrogens with one attached hydrogen (secondary N) is 1. The van der Waals surface area contributed by atoms with Crippen molar-refractivity contribution in [3.63, 3.8) is 0 Å². The topological polar surface area (TPSA) is 69.2 Å². The number of carboxylic acid groups (broad SMARTS) is 1. The first kappa shape index (κ1) is 23.6. The minimum absolute atomic E-state index is 0.00884. The Morgan fingerprint density at radius 2 is 1.94 bits per heavy atom. The SMILES string of the molecule is C[C@@H]1Cc2c([nH]c3ccccc23)[C@@H](c2c(F)cc(-c3cnc(C(=O)O)s3)cc2F)N1CC(C)(C)F. The smallest absolute Gasteiger partial charge is 0.365 e. The Morgan fingerprint density at radius 1 is 1.26 bits per heavy atom. The van der Waals surface area contributed by atoms with E-state index in [9.17, 15) is 9.18 Å². The molecular weight excluding hydrogens is 475 g/mol. The van der Waals surface area contributed by atoms with E-state index in [1.165, 1.54) is 32.2 Å². The highest BCUT2D eigenvalue weighted by Gasteiger charge is 2.41. The molecule has 0 saturated carbocycles. The molecule has 2 aromatic carbocycles. The summed E-state index contributed by atoms with van der Waals surface area (Å²) in [5.41, 5.74) is 0.942. The van der Waals surface area contributed by atoms with E-state index in [1.807, 2.05) is 36.1 Å². The fourth-order valence-corrected chi connectivity index (χ4v) is 5.73. The number of fused-ring (bicyclic) bond motifs is 3. The van der Waals surface area contributed by atoms with E-state index in [2.05, 4.69) is 9.97 Å². The fourth-order valence-electron chi connectivity index (χ4n) is 4.99. The van der Waals surface area contributed by atoms with Gasteiger partial charge in [-0.2, -0.15) is 0 Å². The summed E-state index contributed by atoms with van der Waals surface area (Å²) in [5.74, 6) is -2.77. The van der Waals surface area contributed by atoms with E-state index >= 15 is 8.78 Å². The molecule has 182 valence electrons. The average Bonchev–Trinajstić information content (AvgIpc) is 3.40. The highest BCUT2D eigenvalue weighted by Crippen LogP contribution is 2.44. The second-order valence-corrected chi connectivity index (χ2v) is 10.6. The second-order valence-electron chi connectivity index (χ2n) is 9.60. The molecular formula is C26H24F3N3O2S. The Bertz CT molecular complexity index is 1420. The molecule has 0 fully saturated rings. The van der Waals surface area contributed by atoms with Crippen LogP contribution in [-0.4, -0.2) is 44.2 Å². The lowest BCUT2D eigenvalue weighted by Gasteiger charge is -2.43. The number of aromatic carboxylic acids is 1. The largest absolute Gasteiger partial charge is 0.476 e. The molecule has 1 aliphatic heterocycles. The predicted molar refractivity (Wildman–Crippen MR) is 130 cm³/mol. The van der Waals surface area contributed by atoms with Crippen LogP contribution in [-0.2, 0) is 6.42 Å². The zero-order valence-electron chi connectivity index (χ0n) is 19.4. The number of hydrogen-bond acceptors (Lipinski definition) is 4. The van der Waals surface area contributed by atoms with Crippen molar-refractivity contribution in [1.29, 1.82) is 0 Å². The van der Waals surface area contributed by atoms with Crippen LogP contribution in [0, 0.1) is 11.6 Å². The predicted octanol–water partition coefficient (Wildman–Crippen LogP) is 6.35. The van der Waals surface area contributed by atoms with Gasteiger partial charge in [-0.15, -0.1) is 11.3 Å². The van der Waals surface area contributed by atoms with E-state index in [1.54, 1.807) is 0 Å². The van der Waals surface area contributed by atoms with Gasteiger partial charge in [-0.1, -0.05) is 18.2 Å². The molecule has 0 bridgehead atoms. The van der Waals surface area contributed by atoms with Crippen molar-refractivity contribution in [2.75, 3.05) is 6.54 Å². The van der Waals surface area contributed by atoms with Crippen LogP contribution in [0.1, 0.15) is 53.4 Å². The maximum absolute atomic E-state index is 15.7. The number of nitrogens with zero attached hydrogens (tertiary/aromatic N) is 2. The first-order chi connectivity index (χ1) is 16.5. The summed E-state index contributed by atoms with van der Waals surface area (Å²) in [4.78, 5) is 20.5. The minimum atomic E-state index is -1.58. The van der Waals surface area contributed by atoms with Crippen LogP contribution in [0.5, 0.6) is 0 Å². The molecule has 0 saturated heterocycles. The number of aromatic nitrogens is 2. The molecule has 2 aromatic heterocycles. The molecule has 0 amide bonds. The van der Waals surface area contributed by atoms with E-state index in [-0.39, 0.29) is 28.7 Å². The van der Waals surface area contributed by atoms with Crippen LogP contribution in [0.4, 0.5) is 13.2 Å². The lowest BCUT2D eigenvalue weighted by Crippen LogP contribution is -2.48. The van der Waals surface area contributed by atoms with Crippen molar-refractivity contribution in [1.82, 2.24) is 14.9 Å². The monoisotopic (exact) mass is 499 g/mol. The molecule has 0 radical (unpaired) electrons. The van der Waals surface area contributed by atoms with Gasteiger partial charge in [0, 0.05) is 40.9 Å². The normalized spacial score (nSPS) is 18.7. The van der Waals surface area contributed by atoms with Crippen molar-refractivity contribution in [2.45, 2.75) is 44.9 Å². The Labute approximate surface area is 204 Å². The maximum Gasteiger partial charge on any atom is 0.365 e. The van der Waals surface area contributed by atoms with Gasteiger partial charge in [0.15, 0.2) is 0 Å². The van der Waals surface area contributed by atoms with Crippen LogP contribution in [0.3, 0.4) is 0 Å². The number of para-hydroxylation sites is 1. The molecule has 2 N–H and O–H groups in total. The summed E-state index contributed by atoms with van der Waals surface area (Å²) in [6, 6.07) is 9.06. The van der Waals surface area contributed by atoms with Crippen LogP contribution in [0.15, 0.2) is 42.6 Å². The molecule has 5 nitrogen and oxygen atoms in total. The van der Waals surface area contributed by atoms with E-state index < -0.39 is 29.3 Å². The van der Waals surface area contributed by atoms with Crippen LogP contribution < -0.4 is 0 Å². The molecule has 3 heterocycles. The number of hydrogen-bond donors (Lipinski definition) is 2. The summed E-state index contributed by atoms with van der Waals surface area (Å²) in [6.45, 7) is 4.84. The Balaban J connectivity index is 1.68. The number of rotatable bonds is 5. The fraction of sp³-hybridized carbons (Fsp3) is 0.308. The van der Waals surface area contributed by atoms with Gasteiger partial charge >= 0.3 is 5.97 Å². The number of carboxylic acids is 1. The van der Waals surface area contributed by atoms with Crippen molar-refractivity contribution in [3.8, 4) is 10.4 Å². The average molecular weight is 500 g/mol. The molecule has 2 atom stereocenters. The van der Waals surface area contributed by atoms with Crippen molar-refractivity contribution in [3.05, 3.63) is 76.1 Å². The van der Waals surface area contributed by atoms with Gasteiger partial charge in [0.2, 0.25) is 5.01 Å². The maximum atomic E-state index is 15.7. The van der Waals surface area contributed by atoms with Crippen molar-refractivity contribution < 1.29 is 23.1 Å². The third-order valence-corrected chi connectivity index (χ3v) is 7.44. The number of aromatic amines is 1. The molecule has 0 unspecified atom stereocenters. The molecule has 35 heavy (non-hydrogen) atoms. The van der Waals surface area contributed by atoms with Gasteiger partial charge in [-0.05, 0) is 56.5 Å². The summed E-state index contributed by atoms with van der Waals surface area (Å²) < 4.78 is 46.3. The summed E-state index contributed by atoms with van der Waals surface area (Å²) >= 11 is 0.843. The van der Waals surface area contributed by atoms with Gasteiger partial charge in [-0.25, -0.2) is 22.9 Å². The first-order valence-electron chi connectivity index (χ1n) is 11.3. The number of alkyl halides is 1. The standard InChI is InChI=1S/C26H24F3N3O2S/c1-13-8-16-15-6-4-5-7-19(15)31-22(16)23(32(13)12-26(2,3)29)21-17(27)9-14(10-18(21)28)20-11-30-24(35-20)25(33)34/h4-7,9-11,13,23,31H,8,12H2,1-3H3,(H,33,34)/t13-,23-/m1/s1. The van der Waals surface area contributed by atoms with Gasteiger partial charge in [0.25, 0.3) is 0 Å². The molecule has 5 rings (SSSR count). The minimum Gasteiger partial charge on any atom is -0.476 e. The Hall–Kier alpha value is -3.17. The second kappa shape index (κ2) is 8.49. The number of halogens is 3. The van der Waals surface area contributed by atoms with Crippen LogP contribution in [0.2, 0.25) is 0 Å². The molecule has 1 aliphatic rings. The number of thiazole rings is 1. The van der Waals surface area contributed by atoms with Gasteiger partial charge < -0.3 is 10.1 Å². The van der Waals surface area contributed by atoms with Gasteiger partial charge in [0.05, 0.1) is 10.9 Å². The summed E-state index contributed by atoms with van der Waals surface area (Å²) in [5, 5.41) is 9.95.